The third kappa shape index (κ3) is 2.39. The maximum atomic E-state index is 11.3. The van der Waals surface area contributed by atoms with E-state index in [9.17, 15) is 9.90 Å². The van der Waals surface area contributed by atoms with Crippen molar-refractivity contribution < 1.29 is 14.3 Å². The summed E-state index contributed by atoms with van der Waals surface area (Å²) in [6, 6.07) is 3.66. The average molecular weight is 344 g/mol. The normalized spacial score (nSPS) is 12.8. The third-order valence-electron chi connectivity index (χ3n) is 4.24. The molecule has 7 heteroatoms. The van der Waals surface area contributed by atoms with Crippen LogP contribution in [0.1, 0.15) is 33.0 Å². The van der Waals surface area contributed by atoms with Gasteiger partial charge >= 0.3 is 5.97 Å². The summed E-state index contributed by atoms with van der Waals surface area (Å²) >= 11 is 5.81. The molecule has 0 saturated heterocycles. The summed E-state index contributed by atoms with van der Waals surface area (Å²) in [4.78, 5) is 15.4. The lowest BCUT2D eigenvalue weighted by atomic mass is 9.94. The van der Waals surface area contributed by atoms with Crippen LogP contribution in [0.4, 0.5) is 0 Å². The van der Waals surface area contributed by atoms with E-state index in [0.29, 0.717) is 29.4 Å². The smallest absolute Gasteiger partial charge is 0.372 e. The van der Waals surface area contributed by atoms with Crippen LogP contribution in [0.3, 0.4) is 0 Å². The first kappa shape index (κ1) is 15.0. The lowest BCUT2D eigenvalue weighted by Crippen LogP contribution is -2.02. The van der Waals surface area contributed by atoms with Gasteiger partial charge in [0.2, 0.25) is 5.76 Å². The Hall–Kier alpha value is -2.60. The molecule has 0 saturated carbocycles. The van der Waals surface area contributed by atoms with E-state index in [2.05, 4.69) is 10.1 Å². The van der Waals surface area contributed by atoms with Gasteiger partial charge in [0.05, 0.1) is 12.2 Å². The van der Waals surface area contributed by atoms with Gasteiger partial charge in [0.25, 0.3) is 0 Å². The molecule has 4 rings (SSSR count). The predicted octanol–water partition coefficient (Wildman–Crippen LogP) is 3.35. The number of fused-ring (bicyclic) bond motifs is 3. The first-order valence-corrected chi connectivity index (χ1v) is 7.93. The molecule has 3 aromatic heterocycles. The number of furan rings is 1. The van der Waals surface area contributed by atoms with Crippen LogP contribution in [0.15, 0.2) is 28.9 Å². The number of rotatable bonds is 3. The standard InChI is InChI=1S/C17H14ClN3O3/c1-9-14-12(24-16(9)17(22)23)4-3-11-8-21(20-15(11)14)7-10-2-5-13(18)19-6-10/h2,5-6,8H,3-4,7H2,1H3,(H,22,23). The highest BCUT2D eigenvalue weighted by Gasteiger charge is 2.29. The van der Waals surface area contributed by atoms with Crippen molar-refractivity contribution in [3.63, 3.8) is 0 Å². The largest absolute Gasteiger partial charge is 0.475 e. The van der Waals surface area contributed by atoms with Gasteiger partial charge in [-0.1, -0.05) is 17.7 Å². The Bertz CT molecular complexity index is 941. The number of aryl methyl sites for hydroxylation is 2. The van der Waals surface area contributed by atoms with Crippen molar-refractivity contribution in [2.24, 2.45) is 0 Å². The summed E-state index contributed by atoms with van der Waals surface area (Å²) in [5.74, 6) is -0.338. The Morgan fingerprint density at radius 2 is 2.25 bits per heavy atom. The number of carbonyl (C=O) groups is 1. The lowest BCUT2D eigenvalue weighted by molar-refractivity contribution is 0.0659. The number of pyridine rings is 1. The van der Waals surface area contributed by atoms with Crippen LogP contribution in [0.5, 0.6) is 0 Å². The fraction of sp³-hybridized carbons (Fsp3) is 0.235. The Balaban J connectivity index is 1.72. The van der Waals surface area contributed by atoms with E-state index in [4.69, 9.17) is 16.0 Å². The molecule has 1 aliphatic carbocycles. The molecule has 0 spiro atoms. The second-order valence-corrected chi connectivity index (χ2v) is 6.24. The van der Waals surface area contributed by atoms with Gasteiger partial charge in [-0.05, 0) is 30.5 Å². The molecule has 0 aliphatic heterocycles. The lowest BCUT2D eigenvalue weighted by Gasteiger charge is -2.09. The molecule has 3 aromatic rings. The number of carboxylic acids is 1. The number of halogens is 1. The highest BCUT2D eigenvalue weighted by molar-refractivity contribution is 6.29. The van der Waals surface area contributed by atoms with E-state index in [1.54, 1.807) is 19.2 Å². The van der Waals surface area contributed by atoms with E-state index >= 15 is 0 Å². The molecule has 0 aromatic carbocycles. The van der Waals surface area contributed by atoms with Crippen molar-refractivity contribution in [2.45, 2.75) is 26.3 Å². The molecule has 0 fully saturated rings. The quantitative estimate of drug-likeness (QED) is 0.737. The van der Waals surface area contributed by atoms with Crippen molar-refractivity contribution in [1.29, 1.82) is 0 Å². The van der Waals surface area contributed by atoms with Gasteiger partial charge in [-0.25, -0.2) is 9.78 Å². The molecule has 0 radical (unpaired) electrons. The molecule has 1 N–H and O–H groups in total. The predicted molar refractivity (Wildman–Crippen MR) is 87.4 cm³/mol. The molecular formula is C17H14ClN3O3. The van der Waals surface area contributed by atoms with Gasteiger partial charge in [0, 0.05) is 29.9 Å². The Morgan fingerprint density at radius 1 is 1.42 bits per heavy atom. The molecule has 122 valence electrons. The second kappa shape index (κ2) is 5.49. The molecule has 3 heterocycles. The molecule has 0 amide bonds. The number of nitrogens with zero attached hydrogens (tertiary/aromatic N) is 3. The molecule has 1 aliphatic rings. The number of hydrogen-bond donors (Lipinski definition) is 1. The monoisotopic (exact) mass is 343 g/mol. The van der Waals surface area contributed by atoms with Gasteiger partial charge < -0.3 is 9.52 Å². The van der Waals surface area contributed by atoms with Crippen LogP contribution in [0.2, 0.25) is 5.15 Å². The summed E-state index contributed by atoms with van der Waals surface area (Å²) in [5.41, 5.74) is 4.37. The minimum absolute atomic E-state index is 0.00398. The number of aromatic carboxylic acids is 1. The molecule has 24 heavy (non-hydrogen) atoms. The summed E-state index contributed by atoms with van der Waals surface area (Å²) in [5, 5.41) is 14.4. The van der Waals surface area contributed by atoms with Gasteiger partial charge in [-0.2, -0.15) is 5.10 Å². The first-order valence-electron chi connectivity index (χ1n) is 7.55. The minimum atomic E-state index is -1.05. The van der Waals surface area contributed by atoms with Crippen molar-refractivity contribution in [2.75, 3.05) is 0 Å². The zero-order valence-corrected chi connectivity index (χ0v) is 13.7. The molecule has 6 nitrogen and oxygen atoms in total. The van der Waals surface area contributed by atoms with Crippen LogP contribution in [-0.2, 0) is 19.4 Å². The van der Waals surface area contributed by atoms with Crippen LogP contribution in [0.25, 0.3) is 11.3 Å². The van der Waals surface area contributed by atoms with Crippen LogP contribution in [-0.4, -0.2) is 25.8 Å². The van der Waals surface area contributed by atoms with Crippen molar-refractivity contribution in [3.8, 4) is 11.3 Å². The average Bonchev–Trinajstić information content (AvgIpc) is 3.10. The van der Waals surface area contributed by atoms with Gasteiger partial charge in [0.15, 0.2) is 0 Å². The van der Waals surface area contributed by atoms with Gasteiger partial charge in [-0.3, -0.25) is 4.68 Å². The zero-order chi connectivity index (χ0) is 16.8. The zero-order valence-electron chi connectivity index (χ0n) is 12.9. The molecule has 0 unspecified atom stereocenters. The number of aromatic nitrogens is 3. The summed E-state index contributed by atoms with van der Waals surface area (Å²) in [7, 11) is 0. The van der Waals surface area contributed by atoms with Gasteiger partial charge in [-0.15, -0.1) is 0 Å². The molecular weight excluding hydrogens is 330 g/mol. The summed E-state index contributed by atoms with van der Waals surface area (Å²) < 4.78 is 7.37. The Labute approximate surface area is 142 Å². The Morgan fingerprint density at radius 3 is 2.96 bits per heavy atom. The van der Waals surface area contributed by atoms with Crippen molar-refractivity contribution in [3.05, 3.63) is 57.9 Å². The highest BCUT2D eigenvalue weighted by atomic mass is 35.5. The number of carboxylic acid groups (broad SMARTS) is 1. The second-order valence-electron chi connectivity index (χ2n) is 5.85. The maximum Gasteiger partial charge on any atom is 0.372 e. The van der Waals surface area contributed by atoms with Crippen LogP contribution in [0, 0.1) is 6.92 Å². The first-order chi connectivity index (χ1) is 11.5. The molecule has 0 bridgehead atoms. The van der Waals surface area contributed by atoms with Crippen LogP contribution >= 0.6 is 11.6 Å². The summed E-state index contributed by atoms with van der Waals surface area (Å²) in [6.07, 6.45) is 5.19. The van der Waals surface area contributed by atoms with Crippen molar-refractivity contribution in [1.82, 2.24) is 14.8 Å². The van der Waals surface area contributed by atoms with Crippen LogP contribution < -0.4 is 0 Å². The highest BCUT2D eigenvalue weighted by Crippen LogP contribution is 2.38. The fourth-order valence-electron chi connectivity index (χ4n) is 3.14. The minimum Gasteiger partial charge on any atom is -0.475 e. The van der Waals surface area contributed by atoms with E-state index < -0.39 is 5.97 Å². The Kier molecular flexibility index (Phi) is 3.42. The van der Waals surface area contributed by atoms with Crippen molar-refractivity contribution >= 4 is 17.6 Å². The fourth-order valence-corrected chi connectivity index (χ4v) is 3.25. The topological polar surface area (TPSA) is 81.1 Å². The van der Waals surface area contributed by atoms with E-state index in [1.165, 1.54) is 0 Å². The van der Waals surface area contributed by atoms with Gasteiger partial charge in [0.1, 0.15) is 10.9 Å². The van der Waals surface area contributed by atoms with E-state index in [-0.39, 0.29) is 5.76 Å². The molecule has 0 atom stereocenters. The van der Waals surface area contributed by atoms with E-state index in [1.807, 2.05) is 16.9 Å². The van der Waals surface area contributed by atoms with E-state index in [0.717, 1.165) is 28.8 Å². The third-order valence-corrected chi connectivity index (χ3v) is 4.47. The SMILES string of the molecule is Cc1c(C(=O)O)oc2c1-c1nn(Cc3ccc(Cl)nc3)cc1CC2. The summed E-state index contributed by atoms with van der Waals surface area (Å²) in [6.45, 7) is 2.35. The maximum absolute atomic E-state index is 11.3. The number of hydrogen-bond acceptors (Lipinski definition) is 4.